The number of pyridine rings is 1. The number of imidazole rings is 1. The van der Waals surface area contributed by atoms with E-state index in [9.17, 15) is 18.0 Å². The molecule has 0 saturated carbocycles. The molecule has 1 atom stereocenters. The lowest BCUT2D eigenvalue weighted by molar-refractivity contribution is -0.154. The van der Waals surface area contributed by atoms with Crippen molar-refractivity contribution in [3.8, 4) is 5.88 Å². The zero-order valence-corrected chi connectivity index (χ0v) is 12.6. The van der Waals surface area contributed by atoms with Crippen molar-refractivity contribution in [2.24, 2.45) is 0 Å². The molecule has 128 valence electrons. The Morgan fingerprint density at radius 3 is 3.00 bits per heavy atom. The molecule has 0 unspecified atom stereocenters. The summed E-state index contributed by atoms with van der Waals surface area (Å²) < 4.78 is 43.5. The third-order valence-corrected chi connectivity index (χ3v) is 3.66. The lowest BCUT2D eigenvalue weighted by Gasteiger charge is -2.25. The smallest absolute Gasteiger partial charge is 0.422 e. The van der Waals surface area contributed by atoms with Crippen LogP contribution in [-0.4, -0.2) is 39.3 Å². The van der Waals surface area contributed by atoms with Gasteiger partial charge in [0.05, 0.1) is 0 Å². The Hall–Kier alpha value is -2.58. The maximum Gasteiger partial charge on any atom is 0.422 e. The lowest BCUT2D eigenvalue weighted by Crippen LogP contribution is -2.41. The molecule has 0 fully saturated rings. The van der Waals surface area contributed by atoms with Crippen LogP contribution in [0.1, 0.15) is 22.6 Å². The average molecular weight is 340 g/mol. The van der Waals surface area contributed by atoms with Gasteiger partial charge in [0.2, 0.25) is 5.88 Å². The van der Waals surface area contributed by atoms with Crippen LogP contribution in [0.2, 0.25) is 0 Å². The summed E-state index contributed by atoms with van der Waals surface area (Å²) in [6, 6.07) is 2.74. The van der Waals surface area contributed by atoms with Gasteiger partial charge in [0, 0.05) is 37.6 Å². The van der Waals surface area contributed by atoms with Gasteiger partial charge in [0.15, 0.2) is 6.61 Å². The normalized spacial score (nSPS) is 17.2. The van der Waals surface area contributed by atoms with Crippen LogP contribution in [0.25, 0.3) is 0 Å². The summed E-state index contributed by atoms with van der Waals surface area (Å²) in [6.45, 7) is -0.924. The molecule has 0 radical (unpaired) electrons. The molecule has 3 rings (SSSR count). The number of carbonyl (C=O) groups is 1. The Kier molecular flexibility index (Phi) is 4.41. The van der Waals surface area contributed by atoms with E-state index >= 15 is 0 Å². The van der Waals surface area contributed by atoms with E-state index in [-0.39, 0.29) is 17.5 Å². The summed E-state index contributed by atoms with van der Waals surface area (Å²) in [6.07, 6.45) is 1.75. The van der Waals surface area contributed by atoms with Crippen LogP contribution in [0, 0.1) is 0 Å². The molecule has 9 heteroatoms. The first-order chi connectivity index (χ1) is 11.4. The highest BCUT2D eigenvalue weighted by Gasteiger charge is 2.30. The number of nitrogens with zero attached hydrogens (tertiary/aromatic N) is 3. The molecular formula is C15H15F3N4O2. The van der Waals surface area contributed by atoms with Gasteiger partial charge in [-0.15, -0.1) is 0 Å². The quantitative estimate of drug-likeness (QED) is 0.924. The van der Waals surface area contributed by atoms with Gasteiger partial charge in [-0.3, -0.25) is 4.79 Å². The van der Waals surface area contributed by atoms with E-state index < -0.39 is 18.7 Å². The van der Waals surface area contributed by atoms with E-state index in [1.165, 1.54) is 18.3 Å². The summed E-state index contributed by atoms with van der Waals surface area (Å²) in [5.74, 6) is 0.122. The van der Waals surface area contributed by atoms with Crippen molar-refractivity contribution < 1.29 is 22.7 Å². The largest absolute Gasteiger partial charge is 0.467 e. The number of alkyl halides is 3. The van der Waals surface area contributed by atoms with Gasteiger partial charge in [-0.1, -0.05) is 0 Å². The second-order valence-corrected chi connectivity index (χ2v) is 5.46. The third-order valence-electron chi connectivity index (χ3n) is 3.66. The Balaban J connectivity index is 1.67. The van der Waals surface area contributed by atoms with E-state index in [0.717, 1.165) is 12.2 Å². The number of hydrogen-bond donors (Lipinski definition) is 1. The van der Waals surface area contributed by atoms with Crippen molar-refractivity contribution in [1.82, 2.24) is 19.9 Å². The number of amides is 1. The van der Waals surface area contributed by atoms with E-state index in [0.29, 0.717) is 13.0 Å². The molecular weight excluding hydrogens is 325 g/mol. The minimum absolute atomic E-state index is 0.0156. The average Bonchev–Trinajstić information content (AvgIpc) is 3.00. The summed E-state index contributed by atoms with van der Waals surface area (Å²) in [7, 11) is 0. The zero-order chi connectivity index (χ0) is 17.2. The standard InChI is InChI=1S/C15H15F3N4O2/c16-15(17,18)9-24-14-11(2-1-5-20-14)13(23)21-10-3-4-12-19-6-7-22(12)8-10/h1-2,5-7,10H,3-4,8-9H2,(H,21,23)/t10-/m1/s1. The van der Waals surface area contributed by atoms with Gasteiger partial charge in [0.1, 0.15) is 11.4 Å². The minimum Gasteiger partial charge on any atom is -0.467 e. The highest BCUT2D eigenvalue weighted by atomic mass is 19.4. The van der Waals surface area contributed by atoms with Crippen molar-refractivity contribution in [3.63, 3.8) is 0 Å². The van der Waals surface area contributed by atoms with Crippen molar-refractivity contribution in [2.45, 2.75) is 31.6 Å². The highest BCUT2D eigenvalue weighted by Crippen LogP contribution is 2.21. The molecule has 0 saturated heterocycles. The summed E-state index contributed by atoms with van der Waals surface area (Å²) >= 11 is 0. The Bertz CT molecular complexity index is 730. The highest BCUT2D eigenvalue weighted by molar-refractivity contribution is 5.96. The number of rotatable bonds is 4. The molecule has 0 spiro atoms. The van der Waals surface area contributed by atoms with E-state index in [1.54, 1.807) is 6.20 Å². The topological polar surface area (TPSA) is 69.0 Å². The van der Waals surface area contributed by atoms with Crippen molar-refractivity contribution in [1.29, 1.82) is 0 Å². The van der Waals surface area contributed by atoms with Gasteiger partial charge < -0.3 is 14.6 Å². The SMILES string of the molecule is O=C(N[C@@H]1CCc2nccn2C1)c1cccnc1OCC(F)(F)F. The second kappa shape index (κ2) is 6.50. The molecule has 24 heavy (non-hydrogen) atoms. The molecule has 1 aliphatic rings. The molecule has 3 heterocycles. The van der Waals surface area contributed by atoms with Gasteiger partial charge in [0.25, 0.3) is 5.91 Å². The second-order valence-electron chi connectivity index (χ2n) is 5.46. The number of fused-ring (bicyclic) bond motifs is 1. The summed E-state index contributed by atoms with van der Waals surface area (Å²) in [5.41, 5.74) is -0.0156. The summed E-state index contributed by atoms with van der Waals surface area (Å²) in [4.78, 5) is 20.3. The van der Waals surface area contributed by atoms with Crippen LogP contribution in [0.5, 0.6) is 5.88 Å². The zero-order valence-electron chi connectivity index (χ0n) is 12.6. The molecule has 0 aromatic carbocycles. The number of nitrogens with one attached hydrogen (secondary N) is 1. The predicted octanol–water partition coefficient (Wildman–Crippen LogP) is 1.96. The summed E-state index contributed by atoms with van der Waals surface area (Å²) in [5, 5.41) is 2.81. The number of aryl methyl sites for hydroxylation is 1. The van der Waals surface area contributed by atoms with Gasteiger partial charge in [-0.05, 0) is 18.6 Å². The van der Waals surface area contributed by atoms with Crippen molar-refractivity contribution >= 4 is 5.91 Å². The molecule has 2 aromatic heterocycles. The minimum atomic E-state index is -4.49. The molecule has 0 aliphatic carbocycles. The first-order valence-electron chi connectivity index (χ1n) is 7.38. The maximum atomic E-state index is 12.4. The van der Waals surface area contributed by atoms with Gasteiger partial charge in [-0.2, -0.15) is 13.2 Å². The molecule has 6 nitrogen and oxygen atoms in total. The van der Waals surface area contributed by atoms with Gasteiger partial charge >= 0.3 is 6.18 Å². The van der Waals surface area contributed by atoms with Crippen LogP contribution < -0.4 is 10.1 Å². The monoisotopic (exact) mass is 340 g/mol. The van der Waals surface area contributed by atoms with Crippen molar-refractivity contribution in [3.05, 3.63) is 42.1 Å². The fraction of sp³-hybridized carbons (Fsp3) is 0.400. The first kappa shape index (κ1) is 16.3. The number of ether oxygens (including phenoxy) is 1. The number of halogens is 3. The third kappa shape index (κ3) is 3.84. The van der Waals surface area contributed by atoms with E-state index in [2.05, 4.69) is 20.0 Å². The molecule has 0 bridgehead atoms. The van der Waals surface area contributed by atoms with Gasteiger partial charge in [-0.25, -0.2) is 9.97 Å². The van der Waals surface area contributed by atoms with Crippen LogP contribution in [0.15, 0.2) is 30.7 Å². The Morgan fingerprint density at radius 2 is 2.21 bits per heavy atom. The Morgan fingerprint density at radius 1 is 1.38 bits per heavy atom. The van der Waals surface area contributed by atoms with E-state index in [1.807, 2.05) is 10.8 Å². The Labute approximate surface area is 135 Å². The van der Waals surface area contributed by atoms with Crippen molar-refractivity contribution in [2.75, 3.05) is 6.61 Å². The lowest BCUT2D eigenvalue weighted by atomic mass is 10.1. The maximum absolute atomic E-state index is 12.4. The van der Waals surface area contributed by atoms with Crippen LogP contribution in [0.3, 0.4) is 0 Å². The van der Waals surface area contributed by atoms with Crippen LogP contribution >= 0.6 is 0 Å². The first-order valence-corrected chi connectivity index (χ1v) is 7.38. The predicted molar refractivity (Wildman–Crippen MR) is 77.6 cm³/mol. The number of hydrogen-bond acceptors (Lipinski definition) is 4. The fourth-order valence-corrected chi connectivity index (χ4v) is 2.58. The number of aromatic nitrogens is 3. The van der Waals surface area contributed by atoms with E-state index in [4.69, 9.17) is 0 Å². The number of carbonyl (C=O) groups excluding carboxylic acids is 1. The molecule has 2 aromatic rings. The van der Waals surface area contributed by atoms with Crippen LogP contribution in [-0.2, 0) is 13.0 Å². The van der Waals surface area contributed by atoms with Crippen LogP contribution in [0.4, 0.5) is 13.2 Å². The molecule has 1 aliphatic heterocycles. The fourth-order valence-electron chi connectivity index (χ4n) is 2.58. The molecule has 1 amide bonds. The molecule has 1 N–H and O–H groups in total.